The van der Waals surface area contributed by atoms with Crippen LogP contribution in [0.1, 0.15) is 18.9 Å². The van der Waals surface area contributed by atoms with Gasteiger partial charge in [0, 0.05) is 17.4 Å². The minimum absolute atomic E-state index is 0.752. The number of benzene rings is 1. The number of pyridine rings is 1. The normalized spacial score (nSPS) is 10.3. The van der Waals surface area contributed by atoms with Crippen LogP contribution in [0.5, 0.6) is 0 Å². The maximum atomic E-state index is 5.73. The zero-order valence-corrected chi connectivity index (χ0v) is 9.48. The lowest BCUT2D eigenvalue weighted by Gasteiger charge is -2.03. The third-order valence-corrected chi connectivity index (χ3v) is 2.57. The molecule has 0 bridgehead atoms. The van der Waals surface area contributed by atoms with Gasteiger partial charge >= 0.3 is 0 Å². The fraction of sp³-hybridized carbons (Fsp3) is 0.214. The fourth-order valence-electron chi connectivity index (χ4n) is 1.74. The first-order valence-electron chi connectivity index (χ1n) is 5.60. The molecule has 0 aliphatic heterocycles. The van der Waals surface area contributed by atoms with Gasteiger partial charge in [-0.1, -0.05) is 37.6 Å². The maximum Gasteiger partial charge on any atom is 0.0722 e. The second kappa shape index (κ2) is 4.79. The first-order chi connectivity index (χ1) is 7.79. The summed E-state index contributed by atoms with van der Waals surface area (Å²) in [6.45, 7) is 2.19. The Morgan fingerprint density at radius 3 is 2.50 bits per heavy atom. The molecule has 0 amide bonds. The summed E-state index contributed by atoms with van der Waals surface area (Å²) in [4.78, 5) is 4.31. The van der Waals surface area contributed by atoms with Crippen molar-refractivity contribution >= 4 is 5.69 Å². The molecule has 0 aliphatic carbocycles. The van der Waals surface area contributed by atoms with E-state index in [-0.39, 0.29) is 0 Å². The highest BCUT2D eigenvalue weighted by Gasteiger charge is 1.99. The minimum atomic E-state index is 0.752. The van der Waals surface area contributed by atoms with Gasteiger partial charge in [-0.05, 0) is 24.1 Å². The van der Waals surface area contributed by atoms with Gasteiger partial charge in [-0.3, -0.25) is 4.98 Å². The number of hydrogen-bond donors (Lipinski definition) is 1. The maximum absolute atomic E-state index is 5.73. The van der Waals surface area contributed by atoms with Crippen LogP contribution in [0.3, 0.4) is 0 Å². The molecule has 0 aliphatic rings. The highest BCUT2D eigenvalue weighted by atomic mass is 14.7. The minimum Gasteiger partial charge on any atom is -0.399 e. The van der Waals surface area contributed by atoms with Gasteiger partial charge in [-0.25, -0.2) is 0 Å². The number of nitrogen functional groups attached to an aromatic ring is 1. The van der Waals surface area contributed by atoms with E-state index >= 15 is 0 Å². The molecule has 0 spiro atoms. The predicted octanol–water partition coefficient (Wildman–Crippen LogP) is 3.28. The van der Waals surface area contributed by atoms with Crippen LogP contribution in [0.15, 0.2) is 42.6 Å². The topological polar surface area (TPSA) is 38.9 Å². The lowest BCUT2D eigenvalue weighted by atomic mass is 10.1. The van der Waals surface area contributed by atoms with Crippen LogP contribution in [0.4, 0.5) is 5.69 Å². The average Bonchev–Trinajstić information content (AvgIpc) is 2.30. The molecule has 2 heteroatoms. The highest BCUT2D eigenvalue weighted by molar-refractivity contribution is 5.63. The zero-order valence-electron chi connectivity index (χ0n) is 9.48. The fourth-order valence-corrected chi connectivity index (χ4v) is 1.74. The van der Waals surface area contributed by atoms with Crippen LogP contribution >= 0.6 is 0 Å². The van der Waals surface area contributed by atoms with E-state index in [2.05, 4.69) is 36.2 Å². The molecule has 0 unspecified atom stereocenters. The van der Waals surface area contributed by atoms with Crippen LogP contribution < -0.4 is 5.73 Å². The van der Waals surface area contributed by atoms with E-state index in [9.17, 15) is 0 Å². The smallest absolute Gasteiger partial charge is 0.0722 e. The molecule has 0 fully saturated rings. The predicted molar refractivity (Wildman–Crippen MR) is 68.1 cm³/mol. The van der Waals surface area contributed by atoms with E-state index in [1.54, 1.807) is 12.3 Å². The quantitative estimate of drug-likeness (QED) is 0.848. The first-order valence-corrected chi connectivity index (χ1v) is 5.60. The molecule has 82 valence electrons. The number of nitrogens with zero attached hydrogens (tertiary/aromatic N) is 1. The lowest BCUT2D eigenvalue weighted by molar-refractivity contribution is 0.922. The van der Waals surface area contributed by atoms with Crippen LogP contribution in [-0.4, -0.2) is 4.98 Å². The van der Waals surface area contributed by atoms with Gasteiger partial charge in [0.2, 0.25) is 0 Å². The monoisotopic (exact) mass is 212 g/mol. The number of aryl methyl sites for hydroxylation is 1. The summed E-state index contributed by atoms with van der Waals surface area (Å²) in [7, 11) is 0. The summed E-state index contributed by atoms with van der Waals surface area (Å²) >= 11 is 0. The van der Waals surface area contributed by atoms with Gasteiger partial charge in [0.15, 0.2) is 0 Å². The number of aromatic nitrogens is 1. The van der Waals surface area contributed by atoms with E-state index in [0.717, 1.165) is 23.4 Å². The van der Waals surface area contributed by atoms with Gasteiger partial charge in [-0.2, -0.15) is 0 Å². The SMILES string of the molecule is CCCc1ccc(-c2cc(N)ccn2)cc1. The van der Waals surface area contributed by atoms with Gasteiger partial charge in [0.1, 0.15) is 0 Å². The van der Waals surface area contributed by atoms with Gasteiger partial charge in [0.25, 0.3) is 0 Å². The van der Waals surface area contributed by atoms with Gasteiger partial charge in [0.05, 0.1) is 5.69 Å². The number of rotatable bonds is 3. The zero-order chi connectivity index (χ0) is 11.4. The van der Waals surface area contributed by atoms with Crippen LogP contribution in [0.25, 0.3) is 11.3 Å². The summed E-state index contributed by atoms with van der Waals surface area (Å²) in [5, 5.41) is 0. The van der Waals surface area contributed by atoms with Crippen molar-refractivity contribution < 1.29 is 0 Å². The van der Waals surface area contributed by atoms with E-state index in [1.165, 1.54) is 12.0 Å². The Bertz CT molecular complexity index is 460. The van der Waals surface area contributed by atoms with Crippen molar-refractivity contribution in [1.82, 2.24) is 4.98 Å². The van der Waals surface area contributed by atoms with Crippen molar-refractivity contribution in [3.8, 4) is 11.3 Å². The first kappa shape index (κ1) is 10.7. The third kappa shape index (κ3) is 2.40. The van der Waals surface area contributed by atoms with Gasteiger partial charge in [-0.15, -0.1) is 0 Å². The molecule has 2 aromatic rings. The van der Waals surface area contributed by atoms with Crippen LogP contribution in [0.2, 0.25) is 0 Å². The van der Waals surface area contributed by atoms with Crippen LogP contribution in [0, 0.1) is 0 Å². The summed E-state index contributed by atoms with van der Waals surface area (Å²) in [5.41, 5.74) is 9.91. The molecule has 0 saturated heterocycles. The van der Waals surface area contributed by atoms with E-state index in [1.807, 2.05) is 6.07 Å². The van der Waals surface area contributed by atoms with Crippen molar-refractivity contribution in [2.75, 3.05) is 5.73 Å². The summed E-state index contributed by atoms with van der Waals surface area (Å²) in [6.07, 6.45) is 4.05. The molecule has 1 aromatic carbocycles. The molecule has 0 saturated carbocycles. The summed E-state index contributed by atoms with van der Waals surface area (Å²) < 4.78 is 0. The molecular weight excluding hydrogens is 196 g/mol. The van der Waals surface area contributed by atoms with E-state index in [4.69, 9.17) is 5.73 Å². The van der Waals surface area contributed by atoms with Gasteiger partial charge < -0.3 is 5.73 Å². The third-order valence-electron chi connectivity index (χ3n) is 2.57. The molecule has 2 rings (SSSR count). The molecular formula is C14H16N2. The molecule has 2 N–H and O–H groups in total. The van der Waals surface area contributed by atoms with Crippen molar-refractivity contribution in [3.05, 3.63) is 48.2 Å². The van der Waals surface area contributed by atoms with Crippen molar-refractivity contribution in [1.29, 1.82) is 0 Å². The Kier molecular flexibility index (Phi) is 3.20. The number of nitrogens with two attached hydrogens (primary N) is 1. The second-order valence-electron chi connectivity index (χ2n) is 3.92. The number of anilines is 1. The number of hydrogen-bond acceptors (Lipinski definition) is 2. The van der Waals surface area contributed by atoms with Crippen LogP contribution in [-0.2, 0) is 6.42 Å². The Labute approximate surface area is 96.1 Å². The molecule has 0 radical (unpaired) electrons. The van der Waals surface area contributed by atoms with E-state index in [0.29, 0.717) is 0 Å². The molecule has 1 heterocycles. The molecule has 0 atom stereocenters. The lowest BCUT2D eigenvalue weighted by Crippen LogP contribution is -1.89. The van der Waals surface area contributed by atoms with Crippen molar-refractivity contribution in [3.63, 3.8) is 0 Å². The molecule has 16 heavy (non-hydrogen) atoms. The Morgan fingerprint density at radius 1 is 1.12 bits per heavy atom. The second-order valence-corrected chi connectivity index (χ2v) is 3.92. The summed E-state index contributed by atoms with van der Waals surface area (Å²) in [6, 6.07) is 12.2. The highest BCUT2D eigenvalue weighted by Crippen LogP contribution is 2.19. The Morgan fingerprint density at radius 2 is 1.88 bits per heavy atom. The van der Waals surface area contributed by atoms with Crippen molar-refractivity contribution in [2.24, 2.45) is 0 Å². The Hall–Kier alpha value is -1.83. The Balaban J connectivity index is 2.27. The summed E-state index contributed by atoms with van der Waals surface area (Å²) in [5.74, 6) is 0. The largest absolute Gasteiger partial charge is 0.399 e. The molecule has 2 nitrogen and oxygen atoms in total. The standard InChI is InChI=1S/C14H16N2/c1-2-3-11-4-6-12(7-5-11)14-10-13(15)8-9-16-14/h4-10H,2-3H2,1H3,(H2,15,16). The van der Waals surface area contributed by atoms with Crippen molar-refractivity contribution in [2.45, 2.75) is 19.8 Å². The average molecular weight is 212 g/mol. The molecule has 1 aromatic heterocycles. The van der Waals surface area contributed by atoms with E-state index < -0.39 is 0 Å².